The van der Waals surface area contributed by atoms with E-state index >= 15 is 0 Å². The van der Waals surface area contributed by atoms with Gasteiger partial charge in [-0.05, 0) is 6.92 Å². The second-order valence-electron chi connectivity index (χ2n) is 4.16. The van der Waals surface area contributed by atoms with E-state index in [1.165, 1.54) is 0 Å². The van der Waals surface area contributed by atoms with Crippen LogP contribution in [0.3, 0.4) is 0 Å². The highest BCUT2D eigenvalue weighted by Crippen LogP contribution is 2.14. The molecule has 1 fully saturated rings. The number of aromatic amines is 1. The van der Waals surface area contributed by atoms with E-state index in [-0.39, 0.29) is 36.1 Å². The van der Waals surface area contributed by atoms with Crippen molar-refractivity contribution in [3.05, 3.63) is 11.8 Å². The first kappa shape index (κ1) is 14.5. The normalized spacial score (nSPS) is 18.9. The average Bonchev–Trinajstić information content (AvgIpc) is 2.98. The summed E-state index contributed by atoms with van der Waals surface area (Å²) in [6.45, 7) is 1.94. The summed E-state index contributed by atoms with van der Waals surface area (Å²) in [4.78, 5) is 22.7. The Hall–Kier alpha value is -1.94. The fourth-order valence-electron chi connectivity index (χ4n) is 1.80. The van der Waals surface area contributed by atoms with E-state index in [0.29, 0.717) is 0 Å². The number of hydrogen-bond donors (Lipinski definition) is 3. The Bertz CT molecular complexity index is 623. The lowest BCUT2D eigenvalue weighted by Gasteiger charge is -2.10. The standard InChI is InChI=1S/C10H14N4O5S/c1-2-19-10(16)7-5-12-13-9(7)20(17,18)14-6-3-8(15)11-4-6/h5-6,14H,2-4H2,1H3,(H,11,15)(H,12,13). The fraction of sp³-hybridized carbons (Fsp3) is 0.500. The number of aromatic nitrogens is 2. The molecule has 0 saturated carbocycles. The molecule has 1 atom stereocenters. The van der Waals surface area contributed by atoms with E-state index in [4.69, 9.17) is 4.74 Å². The molecule has 110 valence electrons. The van der Waals surface area contributed by atoms with Crippen LogP contribution >= 0.6 is 0 Å². The summed E-state index contributed by atoms with van der Waals surface area (Å²) < 4.78 is 31.4. The van der Waals surface area contributed by atoms with Crippen molar-refractivity contribution >= 4 is 21.9 Å². The number of amides is 1. The zero-order valence-electron chi connectivity index (χ0n) is 10.7. The third-order valence-electron chi connectivity index (χ3n) is 2.67. The van der Waals surface area contributed by atoms with Gasteiger partial charge in [0.1, 0.15) is 5.56 Å². The van der Waals surface area contributed by atoms with Gasteiger partial charge in [-0.2, -0.15) is 5.10 Å². The third-order valence-corrected chi connectivity index (χ3v) is 4.16. The van der Waals surface area contributed by atoms with Crippen LogP contribution in [0.4, 0.5) is 0 Å². The predicted molar refractivity (Wildman–Crippen MR) is 66.3 cm³/mol. The Morgan fingerprint density at radius 1 is 1.60 bits per heavy atom. The second kappa shape index (κ2) is 5.59. The molecule has 20 heavy (non-hydrogen) atoms. The van der Waals surface area contributed by atoms with Gasteiger partial charge >= 0.3 is 5.97 Å². The van der Waals surface area contributed by atoms with E-state index in [9.17, 15) is 18.0 Å². The van der Waals surface area contributed by atoms with Gasteiger partial charge in [-0.15, -0.1) is 0 Å². The van der Waals surface area contributed by atoms with Crippen molar-refractivity contribution in [1.29, 1.82) is 0 Å². The zero-order chi connectivity index (χ0) is 14.8. The molecule has 3 N–H and O–H groups in total. The molecular weight excluding hydrogens is 288 g/mol. The molecule has 0 aromatic carbocycles. The van der Waals surface area contributed by atoms with Crippen LogP contribution in [0.15, 0.2) is 11.2 Å². The Labute approximate surface area is 115 Å². The van der Waals surface area contributed by atoms with Crippen molar-refractivity contribution in [3.63, 3.8) is 0 Å². The number of esters is 1. The first-order valence-corrected chi connectivity index (χ1v) is 7.42. The first-order chi connectivity index (χ1) is 9.44. The van der Waals surface area contributed by atoms with Crippen molar-refractivity contribution in [1.82, 2.24) is 20.2 Å². The zero-order valence-corrected chi connectivity index (χ0v) is 11.5. The molecule has 1 aromatic heterocycles. The van der Waals surface area contributed by atoms with Crippen molar-refractivity contribution in [3.8, 4) is 0 Å². The van der Waals surface area contributed by atoms with Crippen LogP contribution in [0.2, 0.25) is 0 Å². The van der Waals surface area contributed by atoms with Crippen LogP contribution < -0.4 is 10.0 Å². The summed E-state index contributed by atoms with van der Waals surface area (Å²) in [5, 5.41) is 7.96. The maximum atomic E-state index is 12.2. The first-order valence-electron chi connectivity index (χ1n) is 5.93. The lowest BCUT2D eigenvalue weighted by atomic mass is 10.3. The molecule has 1 saturated heterocycles. The molecule has 0 bridgehead atoms. The van der Waals surface area contributed by atoms with Crippen LogP contribution in [0.1, 0.15) is 23.7 Å². The number of carbonyl (C=O) groups is 2. The highest BCUT2D eigenvalue weighted by molar-refractivity contribution is 7.89. The summed E-state index contributed by atoms with van der Waals surface area (Å²) in [5.41, 5.74) is -0.170. The lowest BCUT2D eigenvalue weighted by Crippen LogP contribution is -2.37. The monoisotopic (exact) mass is 302 g/mol. The molecular formula is C10H14N4O5S. The molecule has 0 radical (unpaired) electrons. The number of sulfonamides is 1. The minimum Gasteiger partial charge on any atom is -0.462 e. The Morgan fingerprint density at radius 3 is 2.95 bits per heavy atom. The van der Waals surface area contributed by atoms with Crippen LogP contribution in [0, 0.1) is 0 Å². The summed E-state index contributed by atoms with van der Waals surface area (Å²) in [6, 6.07) is -0.550. The minimum absolute atomic E-state index is 0.0576. The quantitative estimate of drug-likeness (QED) is 0.583. The third kappa shape index (κ3) is 2.96. The largest absolute Gasteiger partial charge is 0.462 e. The fourth-order valence-corrected chi connectivity index (χ4v) is 3.12. The van der Waals surface area contributed by atoms with Crippen LogP contribution in [0.5, 0.6) is 0 Å². The maximum absolute atomic E-state index is 12.2. The number of rotatable bonds is 5. The van der Waals surface area contributed by atoms with Gasteiger partial charge < -0.3 is 10.1 Å². The minimum atomic E-state index is -3.98. The Kier molecular flexibility index (Phi) is 4.04. The van der Waals surface area contributed by atoms with E-state index < -0.39 is 22.0 Å². The SMILES string of the molecule is CCOC(=O)c1cn[nH]c1S(=O)(=O)NC1CNC(=O)C1. The Balaban J connectivity index is 2.20. The Morgan fingerprint density at radius 2 is 2.35 bits per heavy atom. The van der Waals surface area contributed by atoms with Gasteiger partial charge in [0.05, 0.1) is 12.8 Å². The van der Waals surface area contributed by atoms with Crippen molar-refractivity contribution in [2.24, 2.45) is 0 Å². The van der Waals surface area contributed by atoms with Gasteiger partial charge in [0.25, 0.3) is 10.0 Å². The number of nitrogens with zero attached hydrogens (tertiary/aromatic N) is 1. The van der Waals surface area contributed by atoms with Crippen LogP contribution in [0.25, 0.3) is 0 Å². The predicted octanol–water partition coefficient (Wildman–Crippen LogP) is -1.25. The van der Waals surface area contributed by atoms with E-state index in [2.05, 4.69) is 20.2 Å². The van der Waals surface area contributed by atoms with E-state index in [1.807, 2.05) is 0 Å². The van der Waals surface area contributed by atoms with Gasteiger partial charge in [0, 0.05) is 19.0 Å². The number of H-pyrrole nitrogens is 1. The molecule has 9 nitrogen and oxygen atoms in total. The van der Waals surface area contributed by atoms with Crippen molar-refractivity contribution < 1.29 is 22.7 Å². The van der Waals surface area contributed by atoms with Crippen LogP contribution in [-0.4, -0.2) is 49.7 Å². The van der Waals surface area contributed by atoms with Gasteiger partial charge in [0.2, 0.25) is 5.91 Å². The summed E-state index contributed by atoms with van der Waals surface area (Å²) in [5.74, 6) is -1.00. The topological polar surface area (TPSA) is 130 Å². The number of hydrogen-bond acceptors (Lipinski definition) is 6. The molecule has 1 amide bonds. The highest BCUT2D eigenvalue weighted by Gasteiger charge is 2.31. The number of nitrogens with one attached hydrogen (secondary N) is 3. The molecule has 1 aromatic rings. The number of ether oxygens (including phenoxy) is 1. The summed E-state index contributed by atoms with van der Waals surface area (Å²) in [6.07, 6.45) is 1.15. The van der Waals surface area contributed by atoms with Gasteiger partial charge in [-0.25, -0.2) is 17.9 Å². The van der Waals surface area contributed by atoms with Gasteiger partial charge in [-0.1, -0.05) is 0 Å². The van der Waals surface area contributed by atoms with Gasteiger partial charge in [0.15, 0.2) is 5.03 Å². The molecule has 10 heteroatoms. The maximum Gasteiger partial charge on any atom is 0.342 e. The summed E-state index contributed by atoms with van der Waals surface area (Å²) in [7, 11) is -3.98. The van der Waals surface area contributed by atoms with E-state index in [1.54, 1.807) is 6.92 Å². The lowest BCUT2D eigenvalue weighted by molar-refractivity contribution is -0.119. The van der Waals surface area contributed by atoms with Crippen molar-refractivity contribution in [2.75, 3.05) is 13.2 Å². The number of carbonyl (C=O) groups excluding carboxylic acids is 2. The molecule has 1 unspecified atom stereocenters. The second-order valence-corrected chi connectivity index (χ2v) is 5.81. The summed E-state index contributed by atoms with van der Waals surface area (Å²) >= 11 is 0. The average molecular weight is 302 g/mol. The van der Waals surface area contributed by atoms with Crippen LogP contribution in [-0.2, 0) is 19.6 Å². The highest BCUT2D eigenvalue weighted by atomic mass is 32.2. The molecule has 2 rings (SSSR count). The van der Waals surface area contributed by atoms with Crippen molar-refractivity contribution in [2.45, 2.75) is 24.4 Å². The molecule has 1 aliphatic heterocycles. The molecule has 0 spiro atoms. The molecule has 1 aliphatic rings. The van der Waals surface area contributed by atoms with E-state index in [0.717, 1.165) is 6.20 Å². The van der Waals surface area contributed by atoms with Gasteiger partial charge in [-0.3, -0.25) is 9.89 Å². The molecule has 2 heterocycles. The molecule has 0 aliphatic carbocycles. The smallest absolute Gasteiger partial charge is 0.342 e.